The minimum absolute atomic E-state index is 0.618. The molecule has 0 aliphatic carbocycles. The van der Waals surface area contributed by atoms with Gasteiger partial charge in [-0.1, -0.05) is 46.3 Å². The van der Waals surface area contributed by atoms with E-state index in [-0.39, 0.29) is 0 Å². The molecule has 3 aromatic rings. The highest BCUT2D eigenvalue weighted by atomic mass is 79.9. The van der Waals surface area contributed by atoms with Gasteiger partial charge in [-0.15, -0.1) is 0 Å². The summed E-state index contributed by atoms with van der Waals surface area (Å²) >= 11 is 3.31. The zero-order chi connectivity index (χ0) is 17.3. The van der Waals surface area contributed by atoms with Crippen molar-refractivity contribution >= 4 is 32.6 Å². The smallest absolute Gasteiger partial charge is 0.361 e. The summed E-state index contributed by atoms with van der Waals surface area (Å²) < 4.78 is 39.2. The van der Waals surface area contributed by atoms with Crippen molar-refractivity contribution in [3.8, 4) is 0 Å². The van der Waals surface area contributed by atoms with Crippen LogP contribution in [0.5, 0.6) is 0 Å². The molecule has 3 rings (SSSR count). The lowest BCUT2D eigenvalue weighted by Crippen LogP contribution is -2.25. The number of fused-ring (bicyclic) bond motifs is 1. The number of para-hydroxylation sites is 1. The van der Waals surface area contributed by atoms with Gasteiger partial charge in [0, 0.05) is 33.9 Å². The van der Waals surface area contributed by atoms with Crippen LogP contribution in [0.4, 0.5) is 13.2 Å². The highest BCUT2D eigenvalue weighted by Gasteiger charge is 2.40. The van der Waals surface area contributed by atoms with Crippen LogP contribution in [0.25, 0.3) is 10.9 Å². The highest BCUT2D eigenvalue weighted by molar-refractivity contribution is 9.10. The van der Waals surface area contributed by atoms with E-state index in [2.05, 4.69) is 20.9 Å². The van der Waals surface area contributed by atoms with Crippen LogP contribution in [-0.4, -0.2) is 16.9 Å². The van der Waals surface area contributed by atoms with Crippen molar-refractivity contribution in [2.75, 3.05) is 0 Å². The quantitative estimate of drug-likeness (QED) is 0.613. The Morgan fingerprint density at radius 3 is 2.42 bits per heavy atom. The number of Topliss-reactive ketones (excluding diaryl/α,β-unsaturated/α-hetero) is 1. The summed E-state index contributed by atoms with van der Waals surface area (Å²) in [6.07, 6.45) is -3.77. The van der Waals surface area contributed by atoms with E-state index < -0.39 is 24.3 Å². The molecule has 1 N–H and O–H groups in total. The summed E-state index contributed by atoms with van der Waals surface area (Å²) in [6, 6.07) is 14.3. The zero-order valence-electron chi connectivity index (χ0n) is 12.4. The van der Waals surface area contributed by atoms with Crippen LogP contribution < -0.4 is 0 Å². The van der Waals surface area contributed by atoms with E-state index in [1.807, 2.05) is 24.3 Å². The number of carbonyl (C=O) groups is 1. The first-order valence-electron chi connectivity index (χ1n) is 7.28. The van der Waals surface area contributed by atoms with Crippen molar-refractivity contribution in [1.29, 1.82) is 0 Å². The summed E-state index contributed by atoms with van der Waals surface area (Å²) in [4.78, 5) is 14.7. The first kappa shape index (κ1) is 16.8. The Morgan fingerprint density at radius 2 is 1.75 bits per heavy atom. The van der Waals surface area contributed by atoms with Gasteiger partial charge in [0.2, 0.25) is 5.78 Å². The number of H-pyrrole nitrogens is 1. The van der Waals surface area contributed by atoms with Crippen molar-refractivity contribution < 1.29 is 18.0 Å². The van der Waals surface area contributed by atoms with Crippen LogP contribution in [0.3, 0.4) is 0 Å². The topological polar surface area (TPSA) is 32.9 Å². The van der Waals surface area contributed by atoms with Gasteiger partial charge < -0.3 is 4.98 Å². The van der Waals surface area contributed by atoms with Gasteiger partial charge in [0.25, 0.3) is 0 Å². The minimum atomic E-state index is -4.83. The van der Waals surface area contributed by atoms with Crippen molar-refractivity contribution in [2.45, 2.75) is 18.5 Å². The maximum atomic E-state index is 12.8. The van der Waals surface area contributed by atoms with Crippen molar-refractivity contribution in [1.82, 2.24) is 4.98 Å². The number of carbonyl (C=O) groups excluding carboxylic acids is 1. The number of rotatable bonds is 4. The number of halogens is 4. The lowest BCUT2D eigenvalue weighted by Gasteiger charge is -2.17. The Kier molecular flexibility index (Phi) is 4.49. The fourth-order valence-electron chi connectivity index (χ4n) is 2.79. The summed E-state index contributed by atoms with van der Waals surface area (Å²) in [6.45, 7) is 0. The Balaban J connectivity index is 2.08. The van der Waals surface area contributed by atoms with Gasteiger partial charge in [0.05, 0.1) is 0 Å². The molecule has 6 heteroatoms. The number of hydrogen-bond acceptors (Lipinski definition) is 1. The van der Waals surface area contributed by atoms with Gasteiger partial charge in [-0.2, -0.15) is 13.2 Å². The monoisotopic (exact) mass is 395 g/mol. The van der Waals surface area contributed by atoms with Crippen molar-refractivity contribution in [2.24, 2.45) is 0 Å². The van der Waals surface area contributed by atoms with Crippen molar-refractivity contribution in [3.05, 3.63) is 70.3 Å². The van der Waals surface area contributed by atoms with Gasteiger partial charge in [-0.25, -0.2) is 0 Å². The van der Waals surface area contributed by atoms with Gasteiger partial charge in [-0.3, -0.25) is 4.79 Å². The van der Waals surface area contributed by atoms with Crippen LogP contribution in [0.2, 0.25) is 0 Å². The molecule has 2 aromatic carbocycles. The van der Waals surface area contributed by atoms with Gasteiger partial charge in [0.1, 0.15) is 0 Å². The van der Waals surface area contributed by atoms with Gasteiger partial charge in [-0.05, 0) is 29.3 Å². The molecule has 0 unspecified atom stereocenters. The second-order valence-electron chi connectivity index (χ2n) is 5.52. The summed E-state index contributed by atoms with van der Waals surface area (Å²) in [5.74, 6) is -2.39. The molecule has 1 heterocycles. The lowest BCUT2D eigenvalue weighted by atomic mass is 9.87. The van der Waals surface area contributed by atoms with E-state index in [1.165, 1.54) is 0 Å². The Bertz CT molecular complexity index is 868. The molecule has 0 saturated heterocycles. The van der Waals surface area contributed by atoms with Crippen LogP contribution in [0.1, 0.15) is 23.5 Å². The van der Waals surface area contributed by atoms with Crippen LogP contribution in [0, 0.1) is 0 Å². The number of hydrogen-bond donors (Lipinski definition) is 1. The third-order valence-electron chi connectivity index (χ3n) is 3.97. The summed E-state index contributed by atoms with van der Waals surface area (Å²) in [5, 5.41) is 0.820. The maximum absolute atomic E-state index is 12.8. The Labute approximate surface area is 144 Å². The van der Waals surface area contributed by atoms with Crippen LogP contribution in [0.15, 0.2) is 59.2 Å². The fraction of sp³-hybridized carbons (Fsp3) is 0.167. The molecule has 0 saturated carbocycles. The molecule has 0 radical (unpaired) electrons. The molecule has 1 atom stereocenters. The van der Waals surface area contributed by atoms with Gasteiger partial charge in [0.15, 0.2) is 0 Å². The lowest BCUT2D eigenvalue weighted by molar-refractivity contribution is -0.171. The molecule has 0 bridgehead atoms. The average Bonchev–Trinajstić information content (AvgIpc) is 2.96. The second-order valence-corrected chi connectivity index (χ2v) is 6.43. The molecule has 0 aliphatic heterocycles. The number of benzene rings is 2. The zero-order valence-corrected chi connectivity index (χ0v) is 14.0. The highest BCUT2D eigenvalue weighted by Crippen LogP contribution is 2.36. The van der Waals surface area contributed by atoms with E-state index in [9.17, 15) is 18.0 Å². The Morgan fingerprint density at radius 1 is 1.08 bits per heavy atom. The van der Waals surface area contributed by atoms with E-state index in [4.69, 9.17) is 0 Å². The fourth-order valence-corrected chi connectivity index (χ4v) is 3.05. The normalized spacial score (nSPS) is 13.2. The maximum Gasteiger partial charge on any atom is 0.450 e. The molecule has 0 spiro atoms. The standard InChI is InChI=1S/C18H13BrF3NO/c19-12-7-5-11(6-8-12)14(9-17(24)18(20,21)22)15-10-23-16-4-2-1-3-13(15)16/h1-8,10,14,23H,9H2/t14-/m1/s1. The number of alkyl halides is 3. The van der Waals surface area contributed by atoms with Crippen LogP contribution >= 0.6 is 15.9 Å². The molecule has 1 aromatic heterocycles. The second kappa shape index (κ2) is 6.43. The van der Waals surface area contributed by atoms with E-state index in [0.717, 1.165) is 15.4 Å². The van der Waals surface area contributed by atoms with E-state index in [0.29, 0.717) is 11.1 Å². The predicted octanol–water partition coefficient (Wildman–Crippen LogP) is 5.58. The van der Waals surface area contributed by atoms with Crippen LogP contribution in [-0.2, 0) is 4.79 Å². The molecule has 24 heavy (non-hydrogen) atoms. The molecule has 0 amide bonds. The first-order valence-corrected chi connectivity index (χ1v) is 8.07. The number of aromatic nitrogens is 1. The molecule has 0 aliphatic rings. The third kappa shape index (κ3) is 3.38. The molecular formula is C18H13BrF3NO. The summed E-state index contributed by atoms with van der Waals surface area (Å²) in [5.41, 5.74) is 2.18. The molecule has 124 valence electrons. The molecule has 0 fully saturated rings. The third-order valence-corrected chi connectivity index (χ3v) is 4.50. The summed E-state index contributed by atoms with van der Waals surface area (Å²) in [7, 11) is 0. The molecule has 2 nitrogen and oxygen atoms in total. The van der Waals surface area contributed by atoms with E-state index in [1.54, 1.807) is 30.5 Å². The largest absolute Gasteiger partial charge is 0.450 e. The molecular weight excluding hydrogens is 383 g/mol. The first-order chi connectivity index (χ1) is 11.4. The van der Waals surface area contributed by atoms with Crippen molar-refractivity contribution in [3.63, 3.8) is 0 Å². The predicted molar refractivity (Wildman–Crippen MR) is 90.0 cm³/mol. The number of nitrogens with one attached hydrogen (secondary N) is 1. The Hall–Kier alpha value is -2.08. The average molecular weight is 396 g/mol. The number of ketones is 1. The minimum Gasteiger partial charge on any atom is -0.361 e. The number of aromatic amines is 1. The SMILES string of the molecule is O=C(C[C@H](c1ccc(Br)cc1)c1c[nH]c2ccccc12)C(F)(F)F. The van der Waals surface area contributed by atoms with Gasteiger partial charge >= 0.3 is 6.18 Å². The van der Waals surface area contributed by atoms with E-state index >= 15 is 0 Å².